The summed E-state index contributed by atoms with van der Waals surface area (Å²) in [6.45, 7) is 3.38. The molecule has 0 radical (unpaired) electrons. The van der Waals surface area contributed by atoms with Gasteiger partial charge in [-0.2, -0.15) is 0 Å². The molecule has 70 valence electrons. The van der Waals surface area contributed by atoms with E-state index < -0.39 is 0 Å². The van der Waals surface area contributed by atoms with Crippen LogP contribution in [0.4, 0.5) is 0 Å². The maximum atomic E-state index is 2.44. The van der Waals surface area contributed by atoms with E-state index in [1.54, 1.807) is 0 Å². The predicted octanol–water partition coefficient (Wildman–Crippen LogP) is 2.49. The van der Waals surface area contributed by atoms with E-state index in [9.17, 15) is 0 Å². The highest BCUT2D eigenvalue weighted by molar-refractivity contribution is 5.27. The van der Waals surface area contributed by atoms with Gasteiger partial charge in [0, 0.05) is 12.0 Å². The summed E-state index contributed by atoms with van der Waals surface area (Å²) in [6.07, 6.45) is 1.34. The van der Waals surface area contributed by atoms with E-state index in [0.717, 1.165) is 18.5 Å². The van der Waals surface area contributed by atoms with Crippen molar-refractivity contribution < 1.29 is 0 Å². The van der Waals surface area contributed by atoms with Gasteiger partial charge in [0.2, 0.25) is 0 Å². The summed E-state index contributed by atoms with van der Waals surface area (Å²) in [5, 5.41) is 0. The van der Waals surface area contributed by atoms with Gasteiger partial charge in [-0.15, -0.1) is 0 Å². The molecule has 0 aliphatic heterocycles. The topological polar surface area (TPSA) is 3.24 Å². The van der Waals surface area contributed by atoms with Crippen molar-refractivity contribution in [2.75, 3.05) is 13.6 Å². The number of benzene rings is 1. The molecule has 13 heavy (non-hydrogen) atoms. The summed E-state index contributed by atoms with van der Waals surface area (Å²) in [7, 11) is 2.22. The fraction of sp³-hybridized carbons (Fsp3) is 0.500. The van der Waals surface area contributed by atoms with Gasteiger partial charge >= 0.3 is 0 Å². The van der Waals surface area contributed by atoms with Gasteiger partial charge in [-0.3, -0.25) is 0 Å². The lowest BCUT2D eigenvalue weighted by Gasteiger charge is -2.13. The molecule has 1 fully saturated rings. The second-order valence-corrected chi connectivity index (χ2v) is 3.89. The van der Waals surface area contributed by atoms with Crippen LogP contribution in [0.25, 0.3) is 0 Å². The Balaban J connectivity index is 2.00. The summed E-state index contributed by atoms with van der Waals surface area (Å²) in [5.74, 6) is 0.797. The number of hydrogen-bond donors (Lipinski definition) is 0. The van der Waals surface area contributed by atoms with E-state index >= 15 is 0 Å². The zero-order valence-corrected chi connectivity index (χ0v) is 8.40. The summed E-state index contributed by atoms with van der Waals surface area (Å²) in [5.41, 5.74) is 1.51. The highest BCUT2D eigenvalue weighted by Crippen LogP contribution is 2.43. The van der Waals surface area contributed by atoms with E-state index in [1.165, 1.54) is 12.0 Å². The average Bonchev–Trinajstić information content (AvgIpc) is 2.98. The third-order valence-corrected chi connectivity index (χ3v) is 3.05. The first kappa shape index (κ1) is 8.76. The smallest absolute Gasteiger partial charge is 0.0168 e. The van der Waals surface area contributed by atoms with Crippen LogP contribution in [0.15, 0.2) is 30.3 Å². The van der Waals surface area contributed by atoms with Crippen molar-refractivity contribution >= 4 is 0 Å². The van der Waals surface area contributed by atoms with Gasteiger partial charge in [0.15, 0.2) is 0 Å². The Kier molecular flexibility index (Phi) is 2.36. The van der Waals surface area contributed by atoms with Crippen molar-refractivity contribution in [1.82, 2.24) is 4.90 Å². The van der Waals surface area contributed by atoms with Crippen LogP contribution >= 0.6 is 0 Å². The molecule has 1 nitrogen and oxygen atoms in total. The van der Waals surface area contributed by atoms with Gasteiger partial charge in [-0.05, 0) is 25.6 Å². The first-order chi connectivity index (χ1) is 6.33. The van der Waals surface area contributed by atoms with Crippen molar-refractivity contribution in [3.05, 3.63) is 35.9 Å². The lowest BCUT2D eigenvalue weighted by molar-refractivity contribution is 0.337. The van der Waals surface area contributed by atoms with E-state index in [4.69, 9.17) is 0 Å². The summed E-state index contributed by atoms with van der Waals surface area (Å²) >= 11 is 0. The molecule has 1 saturated carbocycles. The third-order valence-electron chi connectivity index (χ3n) is 3.05. The monoisotopic (exact) mass is 175 g/mol. The van der Waals surface area contributed by atoms with Gasteiger partial charge in [0.05, 0.1) is 0 Å². The highest BCUT2D eigenvalue weighted by atomic mass is 15.2. The molecule has 1 aliphatic carbocycles. The Morgan fingerprint density at radius 1 is 1.31 bits per heavy atom. The first-order valence-corrected chi connectivity index (χ1v) is 5.08. The standard InChI is InChI=1S/C12H17N/c1-3-13(2)12-9-11(12)10-7-5-4-6-8-10/h4-8,11-12H,3,9H2,1-2H3. The number of rotatable bonds is 3. The van der Waals surface area contributed by atoms with E-state index in [2.05, 4.69) is 49.2 Å². The molecule has 2 rings (SSSR count). The minimum atomic E-state index is 0.797. The molecule has 1 heteroatoms. The van der Waals surface area contributed by atoms with Crippen molar-refractivity contribution in [2.45, 2.75) is 25.3 Å². The third kappa shape index (κ3) is 1.75. The van der Waals surface area contributed by atoms with Crippen molar-refractivity contribution in [3.63, 3.8) is 0 Å². The van der Waals surface area contributed by atoms with Gasteiger partial charge < -0.3 is 4.90 Å². The van der Waals surface area contributed by atoms with Crippen molar-refractivity contribution in [2.24, 2.45) is 0 Å². The van der Waals surface area contributed by atoms with Crippen molar-refractivity contribution in [3.8, 4) is 0 Å². The predicted molar refractivity (Wildman–Crippen MR) is 55.9 cm³/mol. The minimum absolute atomic E-state index is 0.797. The summed E-state index contributed by atoms with van der Waals surface area (Å²) in [6, 6.07) is 11.6. The van der Waals surface area contributed by atoms with Gasteiger partial charge in [0.25, 0.3) is 0 Å². The molecule has 0 amide bonds. The molecule has 1 aromatic rings. The zero-order valence-electron chi connectivity index (χ0n) is 8.40. The Morgan fingerprint density at radius 2 is 2.00 bits per heavy atom. The molecule has 0 bridgehead atoms. The maximum Gasteiger partial charge on any atom is 0.0168 e. The molecule has 0 spiro atoms. The minimum Gasteiger partial charge on any atom is -0.303 e. The van der Waals surface area contributed by atoms with Gasteiger partial charge in [-0.25, -0.2) is 0 Å². The number of hydrogen-bond acceptors (Lipinski definition) is 1. The molecule has 1 aromatic carbocycles. The molecule has 2 atom stereocenters. The van der Waals surface area contributed by atoms with Crippen LogP contribution < -0.4 is 0 Å². The Labute approximate surface area is 80.4 Å². The molecule has 2 unspecified atom stereocenters. The second-order valence-electron chi connectivity index (χ2n) is 3.89. The second kappa shape index (κ2) is 3.51. The highest BCUT2D eigenvalue weighted by Gasteiger charge is 2.40. The van der Waals surface area contributed by atoms with Crippen LogP contribution in [0.1, 0.15) is 24.8 Å². The quantitative estimate of drug-likeness (QED) is 0.682. The van der Waals surface area contributed by atoms with Crippen LogP contribution in [0.2, 0.25) is 0 Å². The van der Waals surface area contributed by atoms with Crippen LogP contribution in [0, 0.1) is 0 Å². The van der Waals surface area contributed by atoms with Gasteiger partial charge in [-0.1, -0.05) is 37.3 Å². The van der Waals surface area contributed by atoms with Crippen LogP contribution in [0.3, 0.4) is 0 Å². The van der Waals surface area contributed by atoms with E-state index in [-0.39, 0.29) is 0 Å². The number of likely N-dealkylation sites (N-methyl/N-ethyl adjacent to an activating group) is 1. The average molecular weight is 175 g/mol. The Bertz CT molecular complexity index is 268. The van der Waals surface area contributed by atoms with Crippen LogP contribution in [-0.4, -0.2) is 24.5 Å². The lowest BCUT2D eigenvalue weighted by atomic mass is 10.1. The lowest BCUT2D eigenvalue weighted by Crippen LogP contribution is -2.21. The maximum absolute atomic E-state index is 2.44. The Hall–Kier alpha value is -0.820. The van der Waals surface area contributed by atoms with Gasteiger partial charge in [0.1, 0.15) is 0 Å². The van der Waals surface area contributed by atoms with Crippen LogP contribution in [0.5, 0.6) is 0 Å². The molecular formula is C12H17N. The molecule has 0 aromatic heterocycles. The van der Waals surface area contributed by atoms with Crippen molar-refractivity contribution in [1.29, 1.82) is 0 Å². The molecule has 0 heterocycles. The first-order valence-electron chi connectivity index (χ1n) is 5.08. The van der Waals surface area contributed by atoms with E-state index in [0.29, 0.717) is 0 Å². The normalized spacial score (nSPS) is 26.4. The van der Waals surface area contributed by atoms with E-state index in [1.807, 2.05) is 0 Å². The summed E-state index contributed by atoms with van der Waals surface area (Å²) in [4.78, 5) is 2.44. The largest absolute Gasteiger partial charge is 0.303 e. The summed E-state index contributed by atoms with van der Waals surface area (Å²) < 4.78 is 0. The zero-order chi connectivity index (χ0) is 9.26. The fourth-order valence-corrected chi connectivity index (χ4v) is 1.96. The molecule has 0 N–H and O–H groups in total. The van der Waals surface area contributed by atoms with Crippen LogP contribution in [-0.2, 0) is 0 Å². The Morgan fingerprint density at radius 3 is 2.62 bits per heavy atom. The SMILES string of the molecule is CCN(C)C1CC1c1ccccc1. The molecule has 1 aliphatic rings. The molecule has 0 saturated heterocycles. The molecular weight excluding hydrogens is 158 g/mol. The fourth-order valence-electron chi connectivity index (χ4n) is 1.96. The number of nitrogens with zero attached hydrogens (tertiary/aromatic N) is 1.